The van der Waals surface area contributed by atoms with Gasteiger partial charge in [0.1, 0.15) is 12.0 Å². The third-order valence-corrected chi connectivity index (χ3v) is 5.81. The molecule has 4 aromatic carbocycles. The van der Waals surface area contributed by atoms with E-state index in [1.807, 2.05) is 72.8 Å². The summed E-state index contributed by atoms with van der Waals surface area (Å²) in [5.41, 5.74) is 3.49. The summed E-state index contributed by atoms with van der Waals surface area (Å²) in [5.74, 6) is -0.454. The van der Waals surface area contributed by atoms with Crippen LogP contribution in [-0.2, 0) is 0 Å². The lowest BCUT2D eigenvalue weighted by Crippen LogP contribution is -2.08. The molecule has 0 fully saturated rings. The van der Waals surface area contributed by atoms with Crippen LogP contribution in [0.25, 0.3) is 21.9 Å². The molecule has 0 nitrogen and oxygen atoms in total. The molecule has 0 bridgehead atoms. The van der Waals surface area contributed by atoms with E-state index in [1.54, 1.807) is 6.07 Å². The van der Waals surface area contributed by atoms with Crippen LogP contribution in [0, 0.1) is 5.82 Å². The minimum Gasteiger partial charge on any atom is -0.242 e. The number of alkyl halides is 1. The smallest absolute Gasteiger partial charge is 0.132 e. The van der Waals surface area contributed by atoms with Crippen LogP contribution in [0.5, 0.6) is 0 Å². The van der Waals surface area contributed by atoms with Gasteiger partial charge in [0.15, 0.2) is 0 Å². The fraction of sp³-hybridized carbons (Fsp3) is 0.214. The summed E-state index contributed by atoms with van der Waals surface area (Å²) in [7, 11) is 0. The predicted molar refractivity (Wildman–Crippen MR) is 122 cm³/mol. The Morgan fingerprint density at radius 2 is 1.43 bits per heavy atom. The molecule has 0 amide bonds. The quantitative estimate of drug-likeness (QED) is 0.291. The van der Waals surface area contributed by atoms with Gasteiger partial charge in [-0.15, -0.1) is 0 Å². The van der Waals surface area contributed by atoms with E-state index in [0.717, 1.165) is 52.3 Å². The van der Waals surface area contributed by atoms with Gasteiger partial charge in [0.05, 0.1) is 0 Å². The van der Waals surface area contributed by atoms with Gasteiger partial charge >= 0.3 is 0 Å². The molecule has 2 atom stereocenters. The van der Waals surface area contributed by atoms with Crippen molar-refractivity contribution in [1.82, 2.24) is 0 Å². The lowest BCUT2D eigenvalue weighted by Gasteiger charge is -2.23. The predicted octanol–water partition coefficient (Wildman–Crippen LogP) is 8.63. The Hall–Kier alpha value is -3.00. The van der Waals surface area contributed by atoms with Gasteiger partial charge in [0.25, 0.3) is 0 Å². The van der Waals surface area contributed by atoms with Crippen LogP contribution in [-0.4, -0.2) is 0 Å². The SMILES string of the molecule is CCCCC(c1ccc(-c2cccc(F)c2)cc1)C(F)c1ccc2ccccc2c1. The number of hydrogen-bond donors (Lipinski definition) is 0. The van der Waals surface area contributed by atoms with Gasteiger partial charge in [-0.2, -0.15) is 0 Å². The Bertz CT molecular complexity index is 1110. The van der Waals surface area contributed by atoms with Crippen LogP contribution in [0.1, 0.15) is 49.4 Å². The fourth-order valence-corrected chi connectivity index (χ4v) is 4.11. The molecule has 4 rings (SSSR count). The Kier molecular flexibility index (Phi) is 6.23. The van der Waals surface area contributed by atoms with Crippen LogP contribution in [0.3, 0.4) is 0 Å². The Morgan fingerprint density at radius 3 is 2.17 bits per heavy atom. The summed E-state index contributed by atoms with van der Waals surface area (Å²) >= 11 is 0. The number of hydrogen-bond acceptors (Lipinski definition) is 0. The average molecular weight is 401 g/mol. The molecule has 0 N–H and O–H groups in total. The molecule has 0 saturated carbocycles. The zero-order chi connectivity index (χ0) is 20.9. The van der Waals surface area contributed by atoms with Crippen molar-refractivity contribution in [2.45, 2.75) is 38.3 Å². The van der Waals surface area contributed by atoms with Crippen molar-refractivity contribution in [3.63, 3.8) is 0 Å². The van der Waals surface area contributed by atoms with E-state index in [0.29, 0.717) is 0 Å². The molecular formula is C28H26F2. The highest BCUT2D eigenvalue weighted by Gasteiger charge is 2.24. The van der Waals surface area contributed by atoms with Crippen molar-refractivity contribution in [2.75, 3.05) is 0 Å². The first-order chi connectivity index (χ1) is 14.7. The highest BCUT2D eigenvalue weighted by Crippen LogP contribution is 2.39. The summed E-state index contributed by atoms with van der Waals surface area (Å²) in [6.45, 7) is 2.13. The van der Waals surface area contributed by atoms with Crippen molar-refractivity contribution in [2.24, 2.45) is 0 Å². The molecule has 0 radical (unpaired) electrons. The van der Waals surface area contributed by atoms with Gasteiger partial charge in [0, 0.05) is 5.92 Å². The maximum absolute atomic E-state index is 15.8. The van der Waals surface area contributed by atoms with Crippen molar-refractivity contribution >= 4 is 10.8 Å². The fourth-order valence-electron chi connectivity index (χ4n) is 4.11. The monoisotopic (exact) mass is 400 g/mol. The first-order valence-electron chi connectivity index (χ1n) is 10.6. The van der Waals surface area contributed by atoms with E-state index in [2.05, 4.69) is 6.92 Å². The van der Waals surface area contributed by atoms with Crippen LogP contribution in [0.4, 0.5) is 8.78 Å². The lowest BCUT2D eigenvalue weighted by molar-refractivity contribution is 0.274. The van der Waals surface area contributed by atoms with E-state index in [4.69, 9.17) is 0 Å². The highest BCUT2D eigenvalue weighted by molar-refractivity contribution is 5.83. The first-order valence-corrected chi connectivity index (χ1v) is 10.6. The third-order valence-electron chi connectivity index (χ3n) is 5.81. The van der Waals surface area contributed by atoms with Crippen molar-refractivity contribution in [3.8, 4) is 11.1 Å². The van der Waals surface area contributed by atoms with Crippen molar-refractivity contribution in [3.05, 3.63) is 108 Å². The second-order valence-electron chi connectivity index (χ2n) is 7.89. The molecule has 0 aliphatic rings. The minimum absolute atomic E-state index is 0.201. The average Bonchev–Trinajstić information content (AvgIpc) is 2.79. The maximum Gasteiger partial charge on any atom is 0.132 e. The summed E-state index contributed by atoms with van der Waals surface area (Å²) in [6, 6.07) is 28.4. The summed E-state index contributed by atoms with van der Waals surface area (Å²) in [5, 5.41) is 2.19. The van der Waals surface area contributed by atoms with E-state index in [1.165, 1.54) is 12.1 Å². The molecule has 2 heteroatoms. The maximum atomic E-state index is 15.8. The number of rotatable bonds is 7. The molecule has 0 spiro atoms. The molecule has 152 valence electrons. The van der Waals surface area contributed by atoms with Gasteiger partial charge in [0.2, 0.25) is 0 Å². The Labute approximate surface area is 177 Å². The Morgan fingerprint density at radius 1 is 0.700 bits per heavy atom. The van der Waals surface area contributed by atoms with Crippen LogP contribution in [0.2, 0.25) is 0 Å². The van der Waals surface area contributed by atoms with Gasteiger partial charge in [-0.25, -0.2) is 8.78 Å². The molecular weight excluding hydrogens is 374 g/mol. The number of halogens is 2. The van der Waals surface area contributed by atoms with Crippen LogP contribution >= 0.6 is 0 Å². The standard InChI is InChI=1S/C28H26F2/c1-2-3-11-27(28(30)25-17-14-20-7-4-5-8-23(20)18-25)22-15-12-21(13-16-22)24-9-6-10-26(29)19-24/h4-10,12-19,27-28H,2-3,11H2,1H3. The van der Waals surface area contributed by atoms with Gasteiger partial charge in [-0.3, -0.25) is 0 Å². The van der Waals surface area contributed by atoms with Crippen molar-refractivity contribution < 1.29 is 8.78 Å². The zero-order valence-electron chi connectivity index (χ0n) is 17.2. The van der Waals surface area contributed by atoms with E-state index < -0.39 is 6.17 Å². The third kappa shape index (κ3) is 4.43. The lowest BCUT2D eigenvalue weighted by atomic mass is 9.85. The van der Waals surface area contributed by atoms with E-state index in [9.17, 15) is 4.39 Å². The van der Waals surface area contributed by atoms with Gasteiger partial charge in [-0.05, 0) is 57.6 Å². The van der Waals surface area contributed by atoms with Gasteiger partial charge in [-0.1, -0.05) is 92.6 Å². The van der Waals surface area contributed by atoms with E-state index in [-0.39, 0.29) is 11.7 Å². The molecule has 0 heterocycles. The molecule has 0 saturated heterocycles. The van der Waals surface area contributed by atoms with Crippen LogP contribution in [0.15, 0.2) is 91.0 Å². The van der Waals surface area contributed by atoms with Gasteiger partial charge < -0.3 is 0 Å². The molecule has 30 heavy (non-hydrogen) atoms. The highest BCUT2D eigenvalue weighted by atomic mass is 19.1. The second kappa shape index (κ2) is 9.21. The normalized spacial score (nSPS) is 13.3. The second-order valence-corrected chi connectivity index (χ2v) is 7.89. The zero-order valence-corrected chi connectivity index (χ0v) is 17.2. The topological polar surface area (TPSA) is 0 Å². The number of unbranched alkanes of at least 4 members (excludes halogenated alkanes) is 1. The number of benzene rings is 4. The number of fused-ring (bicyclic) bond motifs is 1. The minimum atomic E-state index is -1.07. The first kappa shape index (κ1) is 20.3. The molecule has 0 aliphatic heterocycles. The molecule has 2 unspecified atom stereocenters. The molecule has 0 aromatic heterocycles. The summed E-state index contributed by atoms with van der Waals surface area (Å²) in [4.78, 5) is 0. The summed E-state index contributed by atoms with van der Waals surface area (Å²) < 4.78 is 29.3. The summed E-state index contributed by atoms with van der Waals surface area (Å²) in [6.07, 6.45) is 1.73. The van der Waals surface area contributed by atoms with Crippen molar-refractivity contribution in [1.29, 1.82) is 0 Å². The van der Waals surface area contributed by atoms with E-state index >= 15 is 4.39 Å². The molecule has 0 aliphatic carbocycles. The Balaban J connectivity index is 1.64. The molecule has 4 aromatic rings. The largest absolute Gasteiger partial charge is 0.242 e. The van der Waals surface area contributed by atoms with Crippen LogP contribution < -0.4 is 0 Å².